The van der Waals surface area contributed by atoms with Crippen LogP contribution in [0.15, 0.2) is 0 Å². The second-order valence-electron chi connectivity index (χ2n) is 3.45. The van der Waals surface area contributed by atoms with Gasteiger partial charge in [0.25, 0.3) is 0 Å². The standard InChI is InChI=1S/C8H17N3O/c1-10-7-5-11(2)4-3-6(7)8(9)12/h6-7,10H,3-5H2,1-2H3,(H2,9,12). The second-order valence-corrected chi connectivity index (χ2v) is 3.45. The van der Waals surface area contributed by atoms with Crippen molar-refractivity contribution in [1.82, 2.24) is 10.2 Å². The Morgan fingerprint density at radius 1 is 1.67 bits per heavy atom. The van der Waals surface area contributed by atoms with Crippen LogP contribution < -0.4 is 11.1 Å². The van der Waals surface area contributed by atoms with Crippen molar-refractivity contribution in [3.63, 3.8) is 0 Å². The average Bonchev–Trinajstić information content (AvgIpc) is 2.03. The fourth-order valence-electron chi connectivity index (χ4n) is 1.75. The van der Waals surface area contributed by atoms with Gasteiger partial charge < -0.3 is 16.0 Å². The first-order valence-corrected chi connectivity index (χ1v) is 4.30. The lowest BCUT2D eigenvalue weighted by Crippen LogP contribution is -2.52. The van der Waals surface area contributed by atoms with Gasteiger partial charge in [-0.25, -0.2) is 0 Å². The van der Waals surface area contributed by atoms with Crippen molar-refractivity contribution in [3.05, 3.63) is 0 Å². The molecule has 1 fully saturated rings. The van der Waals surface area contributed by atoms with Gasteiger partial charge in [0, 0.05) is 12.6 Å². The van der Waals surface area contributed by atoms with Crippen LogP contribution in [0.25, 0.3) is 0 Å². The molecule has 1 amide bonds. The zero-order valence-electron chi connectivity index (χ0n) is 7.71. The number of nitrogens with one attached hydrogen (secondary N) is 1. The molecule has 0 aliphatic carbocycles. The van der Waals surface area contributed by atoms with Gasteiger partial charge >= 0.3 is 0 Å². The van der Waals surface area contributed by atoms with E-state index in [4.69, 9.17) is 5.73 Å². The molecule has 12 heavy (non-hydrogen) atoms. The summed E-state index contributed by atoms with van der Waals surface area (Å²) in [6.07, 6.45) is 0.872. The molecule has 0 aromatic heterocycles. The molecule has 0 bridgehead atoms. The molecule has 0 radical (unpaired) electrons. The number of nitrogens with two attached hydrogens (primary N) is 1. The van der Waals surface area contributed by atoms with Crippen LogP contribution in [-0.2, 0) is 4.79 Å². The summed E-state index contributed by atoms with van der Waals surface area (Å²) in [7, 11) is 3.93. The van der Waals surface area contributed by atoms with Crippen molar-refractivity contribution in [2.45, 2.75) is 12.5 Å². The molecule has 3 N–H and O–H groups in total. The Kier molecular flexibility index (Phi) is 3.05. The van der Waals surface area contributed by atoms with Crippen LogP contribution in [0, 0.1) is 5.92 Å². The first-order valence-electron chi connectivity index (χ1n) is 4.30. The monoisotopic (exact) mass is 171 g/mol. The molecular formula is C8H17N3O. The minimum absolute atomic E-state index is 0.00574. The zero-order chi connectivity index (χ0) is 9.14. The van der Waals surface area contributed by atoms with Crippen molar-refractivity contribution in [2.75, 3.05) is 27.2 Å². The van der Waals surface area contributed by atoms with Crippen LogP contribution in [0.2, 0.25) is 0 Å². The van der Waals surface area contributed by atoms with Gasteiger partial charge in [0.15, 0.2) is 0 Å². The van der Waals surface area contributed by atoms with E-state index < -0.39 is 0 Å². The highest BCUT2D eigenvalue weighted by atomic mass is 16.1. The maximum atomic E-state index is 11.0. The average molecular weight is 171 g/mol. The van der Waals surface area contributed by atoms with Crippen molar-refractivity contribution < 1.29 is 4.79 Å². The number of primary amides is 1. The molecule has 0 aromatic rings. The molecule has 0 aromatic carbocycles. The molecule has 1 rings (SSSR count). The number of hydrogen-bond donors (Lipinski definition) is 2. The van der Waals surface area contributed by atoms with Crippen LogP contribution in [0.1, 0.15) is 6.42 Å². The number of amides is 1. The summed E-state index contributed by atoms with van der Waals surface area (Å²) in [5.74, 6) is -0.173. The second kappa shape index (κ2) is 3.87. The molecule has 2 unspecified atom stereocenters. The summed E-state index contributed by atoms with van der Waals surface area (Å²) in [5.41, 5.74) is 5.28. The number of hydrogen-bond acceptors (Lipinski definition) is 3. The van der Waals surface area contributed by atoms with Gasteiger partial charge in [0.05, 0.1) is 5.92 Å². The van der Waals surface area contributed by atoms with E-state index in [-0.39, 0.29) is 17.9 Å². The van der Waals surface area contributed by atoms with E-state index in [9.17, 15) is 4.79 Å². The van der Waals surface area contributed by atoms with Gasteiger partial charge in [0.2, 0.25) is 5.91 Å². The molecule has 2 atom stereocenters. The Labute approximate surface area is 73.1 Å². The lowest BCUT2D eigenvalue weighted by molar-refractivity contribution is -0.124. The minimum atomic E-state index is -0.178. The number of nitrogens with zero attached hydrogens (tertiary/aromatic N) is 1. The first-order chi connectivity index (χ1) is 5.65. The Balaban J connectivity index is 2.56. The summed E-state index contributed by atoms with van der Waals surface area (Å²) in [4.78, 5) is 13.2. The van der Waals surface area contributed by atoms with Gasteiger partial charge in [0.1, 0.15) is 0 Å². The SMILES string of the molecule is CNC1CN(C)CCC1C(N)=O. The Morgan fingerprint density at radius 2 is 2.33 bits per heavy atom. The number of rotatable bonds is 2. The Bertz CT molecular complexity index is 172. The third-order valence-electron chi connectivity index (χ3n) is 2.55. The van der Waals surface area contributed by atoms with E-state index in [2.05, 4.69) is 17.3 Å². The van der Waals surface area contributed by atoms with Crippen LogP contribution in [0.4, 0.5) is 0 Å². The van der Waals surface area contributed by atoms with Crippen LogP contribution in [-0.4, -0.2) is 44.0 Å². The van der Waals surface area contributed by atoms with E-state index in [1.54, 1.807) is 0 Å². The van der Waals surface area contributed by atoms with Gasteiger partial charge in [-0.1, -0.05) is 0 Å². The van der Waals surface area contributed by atoms with Gasteiger partial charge in [-0.3, -0.25) is 4.79 Å². The van der Waals surface area contributed by atoms with Gasteiger partial charge in [-0.05, 0) is 27.1 Å². The Hall–Kier alpha value is -0.610. The first kappa shape index (κ1) is 9.48. The van der Waals surface area contributed by atoms with Gasteiger partial charge in [-0.2, -0.15) is 0 Å². The van der Waals surface area contributed by atoms with E-state index in [1.165, 1.54) is 0 Å². The van der Waals surface area contributed by atoms with Gasteiger partial charge in [-0.15, -0.1) is 0 Å². The molecule has 0 saturated carbocycles. The molecule has 4 nitrogen and oxygen atoms in total. The lowest BCUT2D eigenvalue weighted by atomic mass is 9.91. The van der Waals surface area contributed by atoms with Crippen molar-refractivity contribution in [1.29, 1.82) is 0 Å². The van der Waals surface area contributed by atoms with Crippen LogP contribution in [0.3, 0.4) is 0 Å². The summed E-state index contributed by atoms with van der Waals surface area (Å²) in [5, 5.41) is 3.12. The molecule has 1 heterocycles. The topological polar surface area (TPSA) is 58.4 Å². The highest BCUT2D eigenvalue weighted by molar-refractivity contribution is 5.77. The zero-order valence-corrected chi connectivity index (χ0v) is 7.71. The maximum absolute atomic E-state index is 11.0. The maximum Gasteiger partial charge on any atom is 0.222 e. The summed E-state index contributed by atoms with van der Waals surface area (Å²) < 4.78 is 0. The van der Waals surface area contributed by atoms with Crippen molar-refractivity contribution in [2.24, 2.45) is 11.7 Å². The number of carbonyl (C=O) groups excluding carboxylic acids is 1. The minimum Gasteiger partial charge on any atom is -0.369 e. The fraction of sp³-hybridized carbons (Fsp3) is 0.875. The molecular weight excluding hydrogens is 154 g/mol. The third kappa shape index (κ3) is 1.95. The highest BCUT2D eigenvalue weighted by Gasteiger charge is 2.30. The molecule has 1 aliphatic heterocycles. The molecule has 1 saturated heterocycles. The number of likely N-dealkylation sites (tertiary alicyclic amines) is 1. The van der Waals surface area contributed by atoms with Crippen molar-refractivity contribution >= 4 is 5.91 Å². The highest BCUT2D eigenvalue weighted by Crippen LogP contribution is 2.15. The largest absolute Gasteiger partial charge is 0.369 e. The summed E-state index contributed by atoms with van der Waals surface area (Å²) >= 11 is 0. The molecule has 0 spiro atoms. The van der Waals surface area contributed by atoms with Crippen LogP contribution in [0.5, 0.6) is 0 Å². The number of piperidine rings is 1. The fourth-order valence-corrected chi connectivity index (χ4v) is 1.75. The molecule has 70 valence electrons. The predicted molar refractivity (Wildman–Crippen MR) is 47.6 cm³/mol. The van der Waals surface area contributed by atoms with E-state index >= 15 is 0 Å². The smallest absolute Gasteiger partial charge is 0.222 e. The molecule has 1 aliphatic rings. The summed E-state index contributed by atoms with van der Waals surface area (Å²) in [6, 6.07) is 0.223. The Morgan fingerprint density at radius 3 is 2.83 bits per heavy atom. The third-order valence-corrected chi connectivity index (χ3v) is 2.55. The molecule has 4 heteroatoms. The quantitative estimate of drug-likeness (QED) is 0.561. The summed E-state index contributed by atoms with van der Waals surface area (Å²) in [6.45, 7) is 1.87. The normalized spacial score (nSPS) is 31.8. The number of carbonyl (C=O) groups is 1. The predicted octanol–water partition coefficient (Wildman–Crippen LogP) is -0.989. The van der Waals surface area contributed by atoms with E-state index in [0.717, 1.165) is 19.5 Å². The number of likely N-dealkylation sites (N-methyl/N-ethyl adjacent to an activating group) is 2. The lowest BCUT2D eigenvalue weighted by Gasteiger charge is -2.34. The van der Waals surface area contributed by atoms with Crippen molar-refractivity contribution in [3.8, 4) is 0 Å². The van der Waals surface area contributed by atoms with E-state index in [1.807, 2.05) is 7.05 Å². The van der Waals surface area contributed by atoms with E-state index in [0.29, 0.717) is 0 Å². The van der Waals surface area contributed by atoms with Crippen LogP contribution >= 0.6 is 0 Å².